The van der Waals surface area contributed by atoms with Gasteiger partial charge in [0.25, 0.3) is 0 Å². The number of hydrogen-bond acceptors (Lipinski definition) is 5. The maximum Gasteiger partial charge on any atom is 0.240 e. The molecule has 0 unspecified atom stereocenters. The van der Waals surface area contributed by atoms with Crippen LogP contribution < -0.4 is 14.2 Å². The highest BCUT2D eigenvalue weighted by molar-refractivity contribution is 7.89. The molecule has 136 valence electrons. The van der Waals surface area contributed by atoms with E-state index in [1.165, 1.54) is 19.2 Å². The normalized spacial score (nSPS) is 12.8. The number of likely N-dealkylation sites (N-methyl/N-ethyl adjacent to an activating group) is 1. The lowest BCUT2D eigenvalue weighted by Crippen LogP contribution is -2.34. The minimum atomic E-state index is -3.60. The number of benzene rings is 2. The summed E-state index contributed by atoms with van der Waals surface area (Å²) >= 11 is 0. The smallest absolute Gasteiger partial charge is 0.240 e. The van der Waals surface area contributed by atoms with Crippen molar-refractivity contribution >= 4 is 10.0 Å². The summed E-state index contributed by atoms with van der Waals surface area (Å²) in [6.07, 6.45) is 0. The van der Waals surface area contributed by atoms with Crippen molar-refractivity contribution in [1.82, 2.24) is 9.62 Å². The van der Waals surface area contributed by atoms with Crippen molar-refractivity contribution in [2.75, 3.05) is 34.9 Å². The number of nitrogens with zero attached hydrogens (tertiary/aromatic N) is 1. The third-order valence-electron chi connectivity index (χ3n) is 3.94. The molecule has 0 aromatic heterocycles. The molecule has 0 spiro atoms. The van der Waals surface area contributed by atoms with Crippen molar-refractivity contribution in [3.8, 4) is 11.5 Å². The molecular formula is C18H24N2O4S. The molecule has 25 heavy (non-hydrogen) atoms. The highest BCUT2D eigenvalue weighted by Gasteiger charge is 2.20. The monoisotopic (exact) mass is 364 g/mol. The molecule has 0 aliphatic carbocycles. The second kappa shape index (κ2) is 8.33. The molecule has 0 aliphatic heterocycles. The van der Waals surface area contributed by atoms with E-state index in [1.807, 2.05) is 43.3 Å². The minimum Gasteiger partial charge on any atom is -0.497 e. The molecular weight excluding hydrogens is 340 g/mol. The summed E-state index contributed by atoms with van der Waals surface area (Å²) in [6.45, 7) is 0.245. The average molecular weight is 364 g/mol. The van der Waals surface area contributed by atoms with E-state index in [4.69, 9.17) is 9.47 Å². The lowest BCUT2D eigenvalue weighted by molar-refractivity contribution is 0.298. The Bertz CT molecular complexity index is 789. The minimum absolute atomic E-state index is 0.122. The van der Waals surface area contributed by atoms with Gasteiger partial charge in [-0.2, -0.15) is 0 Å². The van der Waals surface area contributed by atoms with Crippen LogP contribution in [-0.4, -0.2) is 48.2 Å². The van der Waals surface area contributed by atoms with Gasteiger partial charge in [-0.05, 0) is 56.1 Å². The Kier molecular flexibility index (Phi) is 6.41. The van der Waals surface area contributed by atoms with E-state index in [2.05, 4.69) is 4.72 Å². The Morgan fingerprint density at radius 3 is 2.20 bits per heavy atom. The Hall–Kier alpha value is -2.09. The maximum atomic E-state index is 12.5. The van der Waals surface area contributed by atoms with Gasteiger partial charge < -0.3 is 14.4 Å². The number of hydrogen-bond donors (Lipinski definition) is 1. The van der Waals surface area contributed by atoms with Crippen LogP contribution in [0.15, 0.2) is 53.4 Å². The van der Waals surface area contributed by atoms with Crippen LogP contribution in [0, 0.1) is 0 Å². The summed E-state index contributed by atoms with van der Waals surface area (Å²) in [7, 11) is 3.36. The summed E-state index contributed by atoms with van der Waals surface area (Å²) in [6, 6.07) is 13.8. The summed E-state index contributed by atoms with van der Waals surface area (Å²) in [5.41, 5.74) is 0.974. The molecule has 0 radical (unpaired) electrons. The van der Waals surface area contributed by atoms with Crippen LogP contribution in [0.4, 0.5) is 0 Å². The van der Waals surface area contributed by atoms with Crippen LogP contribution >= 0.6 is 0 Å². The van der Waals surface area contributed by atoms with Gasteiger partial charge in [-0.15, -0.1) is 0 Å². The van der Waals surface area contributed by atoms with Gasteiger partial charge >= 0.3 is 0 Å². The van der Waals surface area contributed by atoms with Crippen LogP contribution in [0.5, 0.6) is 11.5 Å². The zero-order valence-corrected chi connectivity index (χ0v) is 15.7. The SMILES string of the molecule is COc1ccc(S(=O)(=O)NC[C@@H](c2cccc(OC)c2)N(C)C)cc1. The van der Waals surface area contributed by atoms with Gasteiger partial charge in [0.15, 0.2) is 0 Å². The lowest BCUT2D eigenvalue weighted by atomic mass is 10.1. The molecule has 0 amide bonds. The summed E-state index contributed by atoms with van der Waals surface area (Å²) in [5.74, 6) is 1.35. The van der Waals surface area contributed by atoms with Gasteiger partial charge in [-0.1, -0.05) is 12.1 Å². The van der Waals surface area contributed by atoms with E-state index in [9.17, 15) is 8.42 Å². The van der Waals surface area contributed by atoms with Crippen LogP contribution in [0.1, 0.15) is 11.6 Å². The third kappa shape index (κ3) is 4.94. The largest absolute Gasteiger partial charge is 0.497 e. The summed E-state index contributed by atoms with van der Waals surface area (Å²) in [5, 5.41) is 0. The van der Waals surface area contributed by atoms with Gasteiger partial charge in [0.1, 0.15) is 11.5 Å². The van der Waals surface area contributed by atoms with E-state index in [0.717, 1.165) is 11.3 Å². The first-order chi connectivity index (χ1) is 11.9. The molecule has 7 heteroatoms. The van der Waals surface area contributed by atoms with Crippen LogP contribution in [-0.2, 0) is 10.0 Å². The standard InChI is InChI=1S/C18H24N2O4S/c1-20(2)18(14-6-5-7-16(12-14)24-4)13-19-25(21,22)17-10-8-15(23-3)9-11-17/h5-12,18-19H,13H2,1-4H3/t18-/m0/s1. The Morgan fingerprint density at radius 2 is 1.64 bits per heavy atom. The predicted molar refractivity (Wildman–Crippen MR) is 97.6 cm³/mol. The molecule has 1 N–H and O–H groups in total. The van der Waals surface area contributed by atoms with Gasteiger partial charge in [0.05, 0.1) is 19.1 Å². The van der Waals surface area contributed by atoms with Gasteiger partial charge in [-0.3, -0.25) is 0 Å². The molecule has 2 aromatic carbocycles. The van der Waals surface area contributed by atoms with E-state index < -0.39 is 10.0 Å². The van der Waals surface area contributed by atoms with E-state index in [1.54, 1.807) is 19.2 Å². The number of methoxy groups -OCH3 is 2. The zero-order valence-electron chi connectivity index (χ0n) is 14.9. The van der Waals surface area contributed by atoms with Gasteiger partial charge in [-0.25, -0.2) is 13.1 Å². The van der Waals surface area contributed by atoms with Crippen molar-refractivity contribution in [3.63, 3.8) is 0 Å². The molecule has 0 bridgehead atoms. The van der Waals surface area contributed by atoms with Crippen molar-refractivity contribution in [2.45, 2.75) is 10.9 Å². The fraction of sp³-hybridized carbons (Fsp3) is 0.333. The van der Waals surface area contributed by atoms with Crippen molar-refractivity contribution < 1.29 is 17.9 Å². The van der Waals surface area contributed by atoms with Crippen molar-refractivity contribution in [2.24, 2.45) is 0 Å². The quantitative estimate of drug-likeness (QED) is 0.778. The summed E-state index contributed by atoms with van der Waals surface area (Å²) < 4.78 is 38.0. The number of rotatable bonds is 8. The van der Waals surface area contributed by atoms with E-state index in [0.29, 0.717) is 5.75 Å². The molecule has 0 saturated carbocycles. The van der Waals surface area contributed by atoms with Crippen molar-refractivity contribution in [3.05, 3.63) is 54.1 Å². The van der Waals surface area contributed by atoms with E-state index in [-0.39, 0.29) is 17.5 Å². The second-order valence-corrected chi connectivity index (χ2v) is 7.55. The highest BCUT2D eigenvalue weighted by atomic mass is 32.2. The topological polar surface area (TPSA) is 67.9 Å². The molecule has 1 atom stereocenters. The molecule has 0 heterocycles. The Balaban J connectivity index is 2.16. The molecule has 2 rings (SSSR count). The fourth-order valence-electron chi connectivity index (χ4n) is 2.47. The Labute approximate surface area is 149 Å². The summed E-state index contributed by atoms with van der Waals surface area (Å²) in [4.78, 5) is 2.17. The first-order valence-electron chi connectivity index (χ1n) is 7.81. The average Bonchev–Trinajstić information content (AvgIpc) is 2.61. The van der Waals surface area contributed by atoms with Crippen molar-refractivity contribution in [1.29, 1.82) is 0 Å². The molecule has 2 aromatic rings. The Morgan fingerprint density at radius 1 is 1.00 bits per heavy atom. The first kappa shape index (κ1) is 19.2. The lowest BCUT2D eigenvalue weighted by Gasteiger charge is -2.25. The fourth-order valence-corrected chi connectivity index (χ4v) is 3.51. The molecule has 0 fully saturated rings. The van der Waals surface area contributed by atoms with Crippen LogP contribution in [0.25, 0.3) is 0 Å². The maximum absolute atomic E-state index is 12.5. The van der Waals surface area contributed by atoms with E-state index >= 15 is 0 Å². The second-order valence-electron chi connectivity index (χ2n) is 5.78. The molecule has 0 saturated heterocycles. The van der Waals surface area contributed by atoms with Crippen LogP contribution in [0.2, 0.25) is 0 Å². The highest BCUT2D eigenvalue weighted by Crippen LogP contribution is 2.23. The predicted octanol–water partition coefficient (Wildman–Crippen LogP) is 2.29. The molecule has 6 nitrogen and oxygen atoms in total. The number of sulfonamides is 1. The zero-order chi connectivity index (χ0) is 18.4. The number of nitrogens with one attached hydrogen (secondary N) is 1. The van der Waals surface area contributed by atoms with Crippen LogP contribution in [0.3, 0.4) is 0 Å². The third-order valence-corrected chi connectivity index (χ3v) is 5.38. The first-order valence-corrected chi connectivity index (χ1v) is 9.30. The number of ether oxygens (including phenoxy) is 2. The van der Waals surface area contributed by atoms with Gasteiger partial charge in [0.2, 0.25) is 10.0 Å². The van der Waals surface area contributed by atoms with Gasteiger partial charge in [0, 0.05) is 12.6 Å². The molecule has 0 aliphatic rings.